The Morgan fingerprint density at radius 2 is 2.00 bits per heavy atom. The molecule has 7 heteroatoms. The fraction of sp³-hybridized carbons (Fsp3) is 0.263. The standard InChI is InChI=1S/C19H22N6O/c1-3-15(19-22-11-16(24-19)14-7-5-4-6-8-14)23-18(26)13-25(2)17-12-20-9-10-21-17/h4-12,15H,3,13H2,1-2H3,(H,22,24)(H,23,26)/t15-/m0/s1. The van der Waals surface area contributed by atoms with Crippen molar-refractivity contribution in [1.82, 2.24) is 25.3 Å². The molecule has 3 rings (SSSR count). The second-order valence-corrected chi connectivity index (χ2v) is 6.00. The summed E-state index contributed by atoms with van der Waals surface area (Å²) in [6, 6.07) is 9.81. The molecule has 2 heterocycles. The van der Waals surface area contributed by atoms with Crippen molar-refractivity contribution in [2.75, 3.05) is 18.5 Å². The zero-order valence-corrected chi connectivity index (χ0v) is 14.9. The Morgan fingerprint density at radius 1 is 1.19 bits per heavy atom. The smallest absolute Gasteiger partial charge is 0.240 e. The lowest BCUT2D eigenvalue weighted by Crippen LogP contribution is -2.37. The fourth-order valence-corrected chi connectivity index (χ4v) is 2.67. The van der Waals surface area contributed by atoms with Crippen LogP contribution in [0.15, 0.2) is 55.1 Å². The molecule has 3 aromatic rings. The maximum absolute atomic E-state index is 12.4. The molecule has 0 saturated carbocycles. The van der Waals surface area contributed by atoms with Crippen LogP contribution in [-0.4, -0.2) is 39.4 Å². The van der Waals surface area contributed by atoms with Gasteiger partial charge in [-0.2, -0.15) is 0 Å². The van der Waals surface area contributed by atoms with Crippen molar-refractivity contribution < 1.29 is 4.79 Å². The summed E-state index contributed by atoms with van der Waals surface area (Å²) in [7, 11) is 1.81. The topological polar surface area (TPSA) is 86.8 Å². The van der Waals surface area contributed by atoms with Crippen LogP contribution in [0.1, 0.15) is 25.2 Å². The molecule has 1 aromatic carbocycles. The van der Waals surface area contributed by atoms with E-state index in [-0.39, 0.29) is 18.5 Å². The molecule has 0 aliphatic carbocycles. The number of anilines is 1. The zero-order valence-electron chi connectivity index (χ0n) is 14.9. The van der Waals surface area contributed by atoms with Gasteiger partial charge in [0.15, 0.2) is 0 Å². The minimum absolute atomic E-state index is 0.0948. The fourth-order valence-electron chi connectivity index (χ4n) is 2.67. The molecule has 0 saturated heterocycles. The molecule has 2 N–H and O–H groups in total. The van der Waals surface area contributed by atoms with Crippen molar-refractivity contribution in [3.8, 4) is 11.3 Å². The molecule has 0 bridgehead atoms. The lowest BCUT2D eigenvalue weighted by atomic mass is 10.2. The average molecular weight is 350 g/mol. The van der Waals surface area contributed by atoms with Crippen molar-refractivity contribution >= 4 is 11.7 Å². The Morgan fingerprint density at radius 3 is 2.69 bits per heavy atom. The highest BCUT2D eigenvalue weighted by Gasteiger charge is 2.17. The van der Waals surface area contributed by atoms with Crippen LogP contribution in [0.5, 0.6) is 0 Å². The molecule has 2 aromatic heterocycles. The lowest BCUT2D eigenvalue weighted by molar-refractivity contribution is -0.120. The Balaban J connectivity index is 1.64. The second-order valence-electron chi connectivity index (χ2n) is 6.00. The molecule has 26 heavy (non-hydrogen) atoms. The lowest BCUT2D eigenvalue weighted by Gasteiger charge is -2.20. The number of benzene rings is 1. The monoisotopic (exact) mass is 350 g/mol. The minimum atomic E-state index is -0.171. The van der Waals surface area contributed by atoms with Crippen molar-refractivity contribution in [3.05, 3.63) is 60.9 Å². The molecule has 1 amide bonds. The van der Waals surface area contributed by atoms with Gasteiger partial charge in [-0.05, 0) is 12.0 Å². The van der Waals surface area contributed by atoms with Crippen LogP contribution in [0, 0.1) is 0 Å². The minimum Gasteiger partial charge on any atom is -0.349 e. The van der Waals surface area contributed by atoms with E-state index in [0.29, 0.717) is 5.82 Å². The summed E-state index contributed by atoms with van der Waals surface area (Å²) >= 11 is 0. The summed E-state index contributed by atoms with van der Waals surface area (Å²) in [5.41, 5.74) is 2.00. The highest BCUT2D eigenvalue weighted by Crippen LogP contribution is 2.20. The summed E-state index contributed by atoms with van der Waals surface area (Å²) in [4.78, 5) is 30.1. The first kappa shape index (κ1) is 17.6. The molecule has 0 unspecified atom stereocenters. The third-order valence-electron chi connectivity index (χ3n) is 4.08. The van der Waals surface area contributed by atoms with E-state index in [1.54, 1.807) is 29.7 Å². The van der Waals surface area contributed by atoms with Crippen LogP contribution in [0.4, 0.5) is 5.82 Å². The number of hydrogen-bond acceptors (Lipinski definition) is 5. The van der Waals surface area contributed by atoms with Gasteiger partial charge in [0.25, 0.3) is 0 Å². The van der Waals surface area contributed by atoms with E-state index >= 15 is 0 Å². The molecular formula is C19H22N6O. The van der Waals surface area contributed by atoms with E-state index in [0.717, 1.165) is 23.5 Å². The second kappa shape index (κ2) is 8.24. The largest absolute Gasteiger partial charge is 0.349 e. The van der Waals surface area contributed by atoms with Gasteiger partial charge >= 0.3 is 0 Å². The van der Waals surface area contributed by atoms with Crippen LogP contribution in [0.3, 0.4) is 0 Å². The van der Waals surface area contributed by atoms with E-state index in [4.69, 9.17) is 0 Å². The number of hydrogen-bond donors (Lipinski definition) is 2. The van der Waals surface area contributed by atoms with Crippen molar-refractivity contribution in [3.63, 3.8) is 0 Å². The summed E-state index contributed by atoms with van der Waals surface area (Å²) < 4.78 is 0. The highest BCUT2D eigenvalue weighted by molar-refractivity contribution is 5.81. The number of aromatic nitrogens is 4. The van der Waals surface area contributed by atoms with Crippen molar-refractivity contribution in [2.24, 2.45) is 0 Å². The number of nitrogens with one attached hydrogen (secondary N) is 2. The number of rotatable bonds is 7. The number of carbonyl (C=O) groups is 1. The van der Waals surface area contributed by atoms with Gasteiger partial charge in [-0.1, -0.05) is 37.3 Å². The number of aromatic amines is 1. The molecule has 134 valence electrons. The van der Waals surface area contributed by atoms with Crippen LogP contribution >= 0.6 is 0 Å². The Hall–Kier alpha value is -3.22. The number of nitrogens with zero attached hydrogens (tertiary/aromatic N) is 4. The Bertz CT molecular complexity index is 834. The van der Waals surface area contributed by atoms with Gasteiger partial charge in [-0.15, -0.1) is 0 Å². The van der Waals surface area contributed by atoms with Gasteiger partial charge in [-0.3, -0.25) is 9.78 Å². The third-order valence-corrected chi connectivity index (χ3v) is 4.08. The van der Waals surface area contributed by atoms with Gasteiger partial charge in [0.05, 0.1) is 30.7 Å². The normalized spacial score (nSPS) is 11.8. The van der Waals surface area contributed by atoms with Crippen LogP contribution in [0.2, 0.25) is 0 Å². The molecule has 7 nitrogen and oxygen atoms in total. The molecule has 0 spiro atoms. The van der Waals surface area contributed by atoms with E-state index in [9.17, 15) is 4.79 Å². The zero-order chi connectivity index (χ0) is 18.4. The number of likely N-dealkylation sites (N-methyl/N-ethyl adjacent to an activating group) is 1. The first-order valence-electron chi connectivity index (χ1n) is 8.54. The predicted molar refractivity (Wildman–Crippen MR) is 101 cm³/mol. The van der Waals surface area contributed by atoms with Gasteiger partial charge in [0.1, 0.15) is 11.6 Å². The Kier molecular flexibility index (Phi) is 5.58. The predicted octanol–water partition coefficient (Wildman–Crippen LogP) is 2.57. The quantitative estimate of drug-likeness (QED) is 0.684. The summed E-state index contributed by atoms with van der Waals surface area (Å²) in [5.74, 6) is 1.31. The van der Waals surface area contributed by atoms with Gasteiger partial charge in [0, 0.05) is 19.4 Å². The first-order chi connectivity index (χ1) is 12.7. The summed E-state index contributed by atoms with van der Waals surface area (Å²) in [5, 5.41) is 3.03. The number of amides is 1. The molecular weight excluding hydrogens is 328 g/mol. The van der Waals surface area contributed by atoms with Crippen LogP contribution in [-0.2, 0) is 4.79 Å². The van der Waals surface area contributed by atoms with Gasteiger partial charge < -0.3 is 15.2 Å². The number of H-pyrrole nitrogens is 1. The molecule has 0 radical (unpaired) electrons. The molecule has 1 atom stereocenters. The maximum atomic E-state index is 12.4. The summed E-state index contributed by atoms with van der Waals surface area (Å²) in [6.07, 6.45) is 7.37. The Labute approximate surface area is 152 Å². The highest BCUT2D eigenvalue weighted by atomic mass is 16.2. The average Bonchev–Trinajstić information content (AvgIpc) is 3.17. The van der Waals surface area contributed by atoms with Gasteiger partial charge in [-0.25, -0.2) is 9.97 Å². The van der Waals surface area contributed by atoms with E-state index in [1.165, 1.54) is 0 Å². The van der Waals surface area contributed by atoms with Crippen LogP contribution < -0.4 is 10.2 Å². The number of imidazole rings is 1. The van der Waals surface area contributed by atoms with Crippen molar-refractivity contribution in [1.29, 1.82) is 0 Å². The van der Waals surface area contributed by atoms with E-state index in [1.807, 2.05) is 44.3 Å². The molecule has 0 fully saturated rings. The SMILES string of the molecule is CC[C@H](NC(=O)CN(C)c1cnccn1)c1ncc(-c2ccccc2)[nH]1. The summed E-state index contributed by atoms with van der Waals surface area (Å²) in [6.45, 7) is 2.21. The van der Waals surface area contributed by atoms with Crippen LogP contribution in [0.25, 0.3) is 11.3 Å². The third kappa shape index (κ3) is 4.24. The molecule has 0 aliphatic heterocycles. The molecule has 0 aliphatic rings. The van der Waals surface area contributed by atoms with Crippen molar-refractivity contribution in [2.45, 2.75) is 19.4 Å². The van der Waals surface area contributed by atoms with E-state index < -0.39 is 0 Å². The first-order valence-corrected chi connectivity index (χ1v) is 8.54. The van der Waals surface area contributed by atoms with E-state index in [2.05, 4.69) is 25.3 Å². The maximum Gasteiger partial charge on any atom is 0.240 e. The van der Waals surface area contributed by atoms with Gasteiger partial charge in [0.2, 0.25) is 5.91 Å². The number of carbonyl (C=O) groups excluding carboxylic acids is 1.